The Bertz CT molecular complexity index is 939. The first-order chi connectivity index (χ1) is 12.5. The third-order valence-corrected chi connectivity index (χ3v) is 5.11. The molecule has 2 aromatic carbocycles. The second kappa shape index (κ2) is 7.65. The van der Waals surface area contributed by atoms with Crippen LogP contribution < -0.4 is 9.04 Å². The molecule has 9 heteroatoms. The molecule has 0 fully saturated rings. The van der Waals surface area contributed by atoms with E-state index in [1.54, 1.807) is 24.6 Å². The van der Waals surface area contributed by atoms with Crippen molar-refractivity contribution in [2.75, 3.05) is 11.4 Å². The van der Waals surface area contributed by atoms with Crippen LogP contribution in [0.15, 0.2) is 53.9 Å². The fourth-order valence-electron chi connectivity index (χ4n) is 2.26. The molecule has 3 aromatic rings. The summed E-state index contributed by atoms with van der Waals surface area (Å²) in [5.74, 6) is -0.134. The summed E-state index contributed by atoms with van der Waals surface area (Å²) in [5.41, 5.74) is 1.21. The van der Waals surface area contributed by atoms with E-state index in [2.05, 4.69) is 4.98 Å². The van der Waals surface area contributed by atoms with Crippen LogP contribution in [0.1, 0.15) is 10.4 Å². The number of hydrogen-bond donors (Lipinski definition) is 1. The van der Waals surface area contributed by atoms with E-state index in [4.69, 9.17) is 9.84 Å². The molecule has 7 nitrogen and oxygen atoms in total. The largest absolute Gasteiger partial charge is 0.755 e. The summed E-state index contributed by atoms with van der Waals surface area (Å²) in [6, 6.07) is 12.8. The SMILES string of the molecule is COc1ccc(-c2nc(N(c3ccc(C(=O)O)cc3)S(=O)[O-])cs2)cc1. The maximum absolute atomic E-state index is 11.7. The second-order valence-corrected chi connectivity index (χ2v) is 6.76. The van der Waals surface area contributed by atoms with Crippen molar-refractivity contribution in [3.63, 3.8) is 0 Å². The number of benzene rings is 2. The predicted octanol–water partition coefficient (Wildman–Crippen LogP) is 3.45. The molecule has 0 bridgehead atoms. The number of aromatic carboxylic acids is 1. The van der Waals surface area contributed by atoms with Gasteiger partial charge >= 0.3 is 5.97 Å². The smallest absolute Gasteiger partial charge is 0.335 e. The molecule has 0 amide bonds. The van der Waals surface area contributed by atoms with E-state index < -0.39 is 17.2 Å². The highest BCUT2D eigenvalue weighted by molar-refractivity contribution is 7.81. The van der Waals surface area contributed by atoms with Crippen molar-refractivity contribution >= 4 is 40.1 Å². The first-order valence-electron chi connectivity index (χ1n) is 7.32. The maximum Gasteiger partial charge on any atom is 0.335 e. The molecule has 0 aliphatic carbocycles. The Morgan fingerprint density at radius 3 is 2.38 bits per heavy atom. The van der Waals surface area contributed by atoms with Crippen LogP contribution in [-0.4, -0.2) is 31.9 Å². The molecule has 1 unspecified atom stereocenters. The number of aromatic nitrogens is 1. The van der Waals surface area contributed by atoms with Crippen LogP contribution in [0, 0.1) is 0 Å². The number of carbonyl (C=O) groups is 1. The van der Waals surface area contributed by atoms with Gasteiger partial charge in [0.05, 0.1) is 29.6 Å². The molecule has 0 radical (unpaired) electrons. The van der Waals surface area contributed by atoms with E-state index in [1.165, 1.54) is 35.6 Å². The predicted molar refractivity (Wildman–Crippen MR) is 98.6 cm³/mol. The molecule has 26 heavy (non-hydrogen) atoms. The topological polar surface area (TPSA) is 103 Å². The van der Waals surface area contributed by atoms with Crippen molar-refractivity contribution in [3.8, 4) is 16.3 Å². The van der Waals surface area contributed by atoms with Gasteiger partial charge in [-0.25, -0.2) is 9.78 Å². The lowest BCUT2D eigenvalue weighted by molar-refractivity contribution is 0.0697. The quantitative estimate of drug-likeness (QED) is 0.648. The van der Waals surface area contributed by atoms with E-state index in [9.17, 15) is 13.6 Å². The molecular weight excluding hydrogens is 376 g/mol. The van der Waals surface area contributed by atoms with E-state index >= 15 is 0 Å². The first-order valence-corrected chi connectivity index (χ1v) is 9.23. The maximum atomic E-state index is 11.7. The van der Waals surface area contributed by atoms with Crippen LogP contribution in [0.3, 0.4) is 0 Å². The minimum absolute atomic E-state index is 0.0718. The lowest BCUT2D eigenvalue weighted by Gasteiger charge is -2.24. The average Bonchev–Trinajstić information content (AvgIpc) is 3.11. The van der Waals surface area contributed by atoms with Gasteiger partial charge in [0.1, 0.15) is 10.8 Å². The molecule has 1 heterocycles. The number of anilines is 2. The minimum Gasteiger partial charge on any atom is -0.755 e. The van der Waals surface area contributed by atoms with E-state index in [0.717, 1.165) is 9.87 Å². The minimum atomic E-state index is -2.61. The fourth-order valence-corrected chi connectivity index (χ4v) is 3.66. The van der Waals surface area contributed by atoms with Gasteiger partial charge in [-0.3, -0.25) is 8.51 Å². The summed E-state index contributed by atoms with van der Waals surface area (Å²) in [7, 11) is 1.58. The summed E-state index contributed by atoms with van der Waals surface area (Å²) in [4.78, 5) is 15.3. The van der Waals surface area contributed by atoms with Gasteiger partial charge in [-0.15, -0.1) is 11.3 Å². The number of nitrogens with zero attached hydrogens (tertiary/aromatic N) is 2. The highest BCUT2D eigenvalue weighted by Gasteiger charge is 2.16. The molecule has 1 atom stereocenters. The molecule has 0 aliphatic heterocycles. The number of hydrogen-bond acceptors (Lipinski definition) is 6. The molecule has 1 N–H and O–H groups in total. The van der Waals surface area contributed by atoms with Gasteiger partial charge in [0.2, 0.25) is 0 Å². The number of thiazole rings is 1. The normalized spacial score (nSPS) is 11.8. The first kappa shape index (κ1) is 18.1. The van der Waals surface area contributed by atoms with Crippen molar-refractivity contribution in [3.05, 3.63) is 59.5 Å². The monoisotopic (exact) mass is 389 g/mol. The van der Waals surface area contributed by atoms with Crippen LogP contribution in [-0.2, 0) is 11.3 Å². The third-order valence-electron chi connectivity index (χ3n) is 3.53. The van der Waals surface area contributed by atoms with E-state index in [0.29, 0.717) is 16.4 Å². The zero-order valence-corrected chi connectivity index (χ0v) is 15.1. The summed E-state index contributed by atoms with van der Waals surface area (Å²) in [6.07, 6.45) is 0. The Kier molecular flexibility index (Phi) is 5.31. The Balaban J connectivity index is 1.92. The van der Waals surface area contributed by atoms with Gasteiger partial charge in [-0.05, 0) is 48.5 Å². The molecule has 134 valence electrons. The van der Waals surface area contributed by atoms with E-state index in [-0.39, 0.29) is 11.4 Å². The van der Waals surface area contributed by atoms with Crippen molar-refractivity contribution in [1.82, 2.24) is 4.98 Å². The third kappa shape index (κ3) is 3.74. The summed E-state index contributed by atoms with van der Waals surface area (Å²) >= 11 is -1.31. The molecular formula is C17H13N2O5S2-. The Morgan fingerprint density at radius 1 is 1.19 bits per heavy atom. The lowest BCUT2D eigenvalue weighted by Crippen LogP contribution is -2.19. The Hall–Kier alpha value is -2.75. The number of rotatable bonds is 6. The summed E-state index contributed by atoms with van der Waals surface area (Å²) in [6.45, 7) is 0. The summed E-state index contributed by atoms with van der Waals surface area (Å²) < 4.78 is 29.5. The second-order valence-electron chi connectivity index (χ2n) is 5.10. The molecule has 0 spiro atoms. The van der Waals surface area contributed by atoms with Gasteiger partial charge in [0, 0.05) is 10.9 Å². The van der Waals surface area contributed by atoms with Gasteiger partial charge in [0.15, 0.2) is 5.82 Å². The van der Waals surface area contributed by atoms with Gasteiger partial charge in [-0.2, -0.15) is 0 Å². The molecule has 0 saturated heterocycles. The fraction of sp³-hybridized carbons (Fsp3) is 0.0588. The van der Waals surface area contributed by atoms with Crippen LogP contribution in [0.4, 0.5) is 11.5 Å². The zero-order chi connectivity index (χ0) is 18.7. The van der Waals surface area contributed by atoms with Crippen LogP contribution in [0.5, 0.6) is 5.75 Å². The van der Waals surface area contributed by atoms with Gasteiger partial charge in [0.25, 0.3) is 0 Å². The van der Waals surface area contributed by atoms with Crippen LogP contribution in [0.25, 0.3) is 10.6 Å². The number of carboxylic acid groups (broad SMARTS) is 1. The molecule has 1 aromatic heterocycles. The average molecular weight is 389 g/mol. The molecule has 3 rings (SSSR count). The number of methoxy groups -OCH3 is 1. The Labute approximate surface area is 155 Å². The van der Waals surface area contributed by atoms with Crippen molar-refractivity contribution in [2.24, 2.45) is 0 Å². The van der Waals surface area contributed by atoms with Crippen molar-refractivity contribution in [1.29, 1.82) is 0 Å². The van der Waals surface area contributed by atoms with Crippen molar-refractivity contribution in [2.45, 2.75) is 0 Å². The van der Waals surface area contributed by atoms with Crippen LogP contribution >= 0.6 is 11.3 Å². The number of carboxylic acids is 1. The molecule has 0 aliphatic rings. The zero-order valence-electron chi connectivity index (χ0n) is 13.5. The standard InChI is InChI=1S/C17H14N2O5S2/c1-24-14-8-4-11(5-9-14)16-18-15(10-25-16)19(26(22)23)13-6-2-12(3-7-13)17(20)21/h2-10H,1H3,(H,20,21)(H,22,23)/p-1. The van der Waals surface area contributed by atoms with Gasteiger partial charge < -0.3 is 14.4 Å². The Morgan fingerprint density at radius 2 is 1.85 bits per heavy atom. The van der Waals surface area contributed by atoms with Crippen LogP contribution in [0.2, 0.25) is 0 Å². The van der Waals surface area contributed by atoms with E-state index in [1.807, 2.05) is 12.1 Å². The molecule has 0 saturated carbocycles. The van der Waals surface area contributed by atoms with Crippen molar-refractivity contribution < 1.29 is 23.4 Å². The number of ether oxygens (including phenoxy) is 1. The highest BCUT2D eigenvalue weighted by atomic mass is 32.2. The summed E-state index contributed by atoms with van der Waals surface area (Å²) in [5, 5.41) is 11.2. The van der Waals surface area contributed by atoms with Gasteiger partial charge in [-0.1, -0.05) is 0 Å². The highest BCUT2D eigenvalue weighted by Crippen LogP contribution is 2.33. The lowest BCUT2D eigenvalue weighted by atomic mass is 10.2.